The molecule has 0 spiro atoms. The lowest BCUT2D eigenvalue weighted by atomic mass is 9.76. The van der Waals surface area contributed by atoms with Gasteiger partial charge in [0.2, 0.25) is 5.91 Å². The molecule has 1 heterocycles. The molecule has 1 N–H and O–H groups in total. The minimum absolute atomic E-state index is 0.000331. The number of carbonyl (C=O) groups is 1. The molecule has 1 aromatic rings. The van der Waals surface area contributed by atoms with Gasteiger partial charge in [0.05, 0.1) is 18.8 Å². The highest BCUT2D eigenvalue weighted by atomic mass is 19.1. The molecular formula is C19H26FNO3. The van der Waals surface area contributed by atoms with Gasteiger partial charge in [-0.3, -0.25) is 4.79 Å². The van der Waals surface area contributed by atoms with Gasteiger partial charge in [-0.15, -0.1) is 0 Å². The molecular weight excluding hydrogens is 309 g/mol. The largest absolute Gasteiger partial charge is 0.384 e. The van der Waals surface area contributed by atoms with Crippen LogP contribution in [-0.4, -0.2) is 31.8 Å². The number of halogens is 1. The molecule has 0 unspecified atom stereocenters. The molecule has 132 valence electrons. The van der Waals surface area contributed by atoms with Crippen LogP contribution in [0.15, 0.2) is 24.3 Å². The molecule has 1 saturated heterocycles. The predicted molar refractivity (Wildman–Crippen MR) is 89.0 cm³/mol. The summed E-state index contributed by atoms with van der Waals surface area (Å²) >= 11 is 0. The number of methoxy groups -OCH3 is 1. The van der Waals surface area contributed by atoms with E-state index in [0.717, 1.165) is 19.3 Å². The van der Waals surface area contributed by atoms with Crippen LogP contribution >= 0.6 is 0 Å². The van der Waals surface area contributed by atoms with E-state index in [0.29, 0.717) is 30.9 Å². The number of benzene rings is 1. The molecule has 2 aliphatic rings. The fraction of sp³-hybridized carbons (Fsp3) is 0.632. The molecule has 0 bridgehead atoms. The van der Waals surface area contributed by atoms with Gasteiger partial charge in [-0.1, -0.05) is 31.0 Å². The van der Waals surface area contributed by atoms with Gasteiger partial charge in [0.25, 0.3) is 0 Å². The van der Waals surface area contributed by atoms with Crippen LogP contribution in [0.3, 0.4) is 0 Å². The van der Waals surface area contributed by atoms with Crippen LogP contribution in [0.2, 0.25) is 0 Å². The third-order valence-corrected chi connectivity index (χ3v) is 5.21. The lowest BCUT2D eigenvalue weighted by Gasteiger charge is -2.45. The number of ether oxygens (including phenoxy) is 2. The van der Waals surface area contributed by atoms with Gasteiger partial charge in [0, 0.05) is 31.1 Å². The van der Waals surface area contributed by atoms with Crippen LogP contribution in [0.5, 0.6) is 0 Å². The van der Waals surface area contributed by atoms with Crippen molar-refractivity contribution in [2.45, 2.75) is 56.8 Å². The highest BCUT2D eigenvalue weighted by Crippen LogP contribution is 2.41. The zero-order valence-electron chi connectivity index (χ0n) is 14.2. The number of carbonyl (C=O) groups excluding carboxylic acids is 1. The van der Waals surface area contributed by atoms with Crippen LogP contribution in [0.4, 0.5) is 4.39 Å². The van der Waals surface area contributed by atoms with E-state index in [1.807, 2.05) is 6.07 Å². The van der Waals surface area contributed by atoms with E-state index in [1.165, 1.54) is 12.5 Å². The fourth-order valence-corrected chi connectivity index (χ4v) is 4.00. The molecule has 0 radical (unpaired) electrons. The van der Waals surface area contributed by atoms with Crippen molar-refractivity contribution in [2.75, 3.05) is 13.7 Å². The van der Waals surface area contributed by atoms with Crippen LogP contribution in [0.25, 0.3) is 0 Å². The Labute approximate surface area is 142 Å². The third-order valence-electron chi connectivity index (χ3n) is 5.21. The highest BCUT2D eigenvalue weighted by molar-refractivity contribution is 5.76. The molecule has 1 amide bonds. The first kappa shape index (κ1) is 17.4. The summed E-state index contributed by atoms with van der Waals surface area (Å²) in [4.78, 5) is 12.1. The standard InChI is InChI=1S/C19H26FNO3/c1-23-11-10-19(22)21-16-12-18(13-6-2-4-8-15(13)20)24-17-9-5-3-7-14(16)17/h2,4,6,8,14,16-18H,3,5,7,9-12H2,1H3,(H,21,22)/t14-,16+,17+,18+/m0/s1. The van der Waals surface area contributed by atoms with Gasteiger partial charge < -0.3 is 14.8 Å². The van der Waals surface area contributed by atoms with E-state index in [4.69, 9.17) is 9.47 Å². The first-order valence-corrected chi connectivity index (χ1v) is 8.87. The number of nitrogens with one attached hydrogen (secondary N) is 1. The smallest absolute Gasteiger partial charge is 0.222 e. The highest BCUT2D eigenvalue weighted by Gasteiger charge is 2.41. The maximum Gasteiger partial charge on any atom is 0.222 e. The Morgan fingerprint density at radius 1 is 1.33 bits per heavy atom. The van der Waals surface area contributed by atoms with Crippen molar-refractivity contribution in [3.63, 3.8) is 0 Å². The normalized spacial score (nSPS) is 29.8. The molecule has 5 heteroatoms. The first-order valence-electron chi connectivity index (χ1n) is 8.87. The minimum Gasteiger partial charge on any atom is -0.384 e. The van der Waals surface area contributed by atoms with Crippen molar-refractivity contribution >= 4 is 5.91 Å². The number of amides is 1. The van der Waals surface area contributed by atoms with Crippen LogP contribution < -0.4 is 5.32 Å². The van der Waals surface area contributed by atoms with Gasteiger partial charge in [0.15, 0.2) is 0 Å². The zero-order valence-corrected chi connectivity index (χ0v) is 14.2. The number of hydrogen-bond donors (Lipinski definition) is 1. The molecule has 0 aromatic heterocycles. The Morgan fingerprint density at radius 2 is 2.12 bits per heavy atom. The number of fused-ring (bicyclic) bond motifs is 1. The summed E-state index contributed by atoms with van der Waals surface area (Å²) in [5, 5.41) is 3.15. The van der Waals surface area contributed by atoms with Crippen molar-refractivity contribution < 1.29 is 18.7 Å². The Hall–Kier alpha value is -1.46. The van der Waals surface area contributed by atoms with E-state index in [-0.39, 0.29) is 30.0 Å². The van der Waals surface area contributed by atoms with E-state index in [9.17, 15) is 9.18 Å². The summed E-state index contributed by atoms with van der Waals surface area (Å²) in [6.45, 7) is 0.417. The summed E-state index contributed by atoms with van der Waals surface area (Å²) in [6, 6.07) is 6.82. The van der Waals surface area contributed by atoms with Crippen molar-refractivity contribution in [2.24, 2.45) is 5.92 Å². The minimum atomic E-state index is -0.293. The predicted octanol–water partition coefficient (Wildman–Crippen LogP) is 3.37. The van der Waals surface area contributed by atoms with Crippen LogP contribution in [0.1, 0.15) is 50.2 Å². The maximum absolute atomic E-state index is 14.2. The number of hydrogen-bond acceptors (Lipinski definition) is 3. The quantitative estimate of drug-likeness (QED) is 0.897. The summed E-state index contributed by atoms with van der Waals surface area (Å²) in [6.07, 6.45) is 5.14. The molecule has 4 nitrogen and oxygen atoms in total. The van der Waals surface area contributed by atoms with E-state index < -0.39 is 0 Å². The second kappa shape index (κ2) is 8.08. The van der Waals surface area contributed by atoms with Gasteiger partial charge in [-0.25, -0.2) is 4.39 Å². The van der Waals surface area contributed by atoms with E-state index in [2.05, 4.69) is 5.32 Å². The summed E-state index contributed by atoms with van der Waals surface area (Å²) < 4.78 is 25.4. The van der Waals surface area contributed by atoms with Crippen molar-refractivity contribution in [1.29, 1.82) is 0 Å². The first-order chi connectivity index (χ1) is 11.7. The molecule has 1 aromatic carbocycles. The molecule has 1 saturated carbocycles. The molecule has 4 atom stereocenters. The van der Waals surface area contributed by atoms with Crippen molar-refractivity contribution in [3.05, 3.63) is 35.6 Å². The average molecular weight is 335 g/mol. The molecule has 1 aliphatic carbocycles. The lowest BCUT2D eigenvalue weighted by Crippen LogP contribution is -2.51. The second-order valence-corrected chi connectivity index (χ2v) is 6.79. The summed E-state index contributed by atoms with van der Waals surface area (Å²) in [5.41, 5.74) is 0.595. The molecule has 24 heavy (non-hydrogen) atoms. The Morgan fingerprint density at radius 3 is 2.92 bits per heavy atom. The van der Waals surface area contributed by atoms with Gasteiger partial charge in [-0.05, 0) is 25.3 Å². The average Bonchev–Trinajstić information content (AvgIpc) is 2.60. The molecule has 2 fully saturated rings. The third kappa shape index (κ3) is 3.95. The Kier molecular flexibility index (Phi) is 5.85. The fourth-order valence-electron chi connectivity index (χ4n) is 4.00. The maximum atomic E-state index is 14.2. The van der Waals surface area contributed by atoms with Gasteiger partial charge in [-0.2, -0.15) is 0 Å². The molecule has 3 rings (SSSR count). The molecule has 1 aliphatic heterocycles. The summed E-state index contributed by atoms with van der Waals surface area (Å²) in [7, 11) is 1.59. The van der Waals surface area contributed by atoms with Gasteiger partial charge >= 0.3 is 0 Å². The summed E-state index contributed by atoms with van der Waals surface area (Å²) in [5.74, 6) is 0.0924. The Balaban J connectivity index is 1.74. The zero-order chi connectivity index (χ0) is 16.9. The van der Waals surface area contributed by atoms with Crippen molar-refractivity contribution in [1.82, 2.24) is 5.32 Å². The van der Waals surface area contributed by atoms with Crippen LogP contribution in [0, 0.1) is 11.7 Å². The van der Waals surface area contributed by atoms with Gasteiger partial charge in [0.1, 0.15) is 5.82 Å². The van der Waals surface area contributed by atoms with E-state index in [1.54, 1.807) is 19.2 Å². The number of rotatable bonds is 5. The SMILES string of the molecule is COCCC(=O)N[C@@H]1C[C@H](c2ccccc2F)O[C@@H]2CCCC[C@@H]12. The Bertz CT molecular complexity index is 565. The van der Waals surface area contributed by atoms with Crippen LogP contribution in [-0.2, 0) is 14.3 Å². The topological polar surface area (TPSA) is 47.6 Å². The monoisotopic (exact) mass is 335 g/mol. The second-order valence-electron chi connectivity index (χ2n) is 6.79. The lowest BCUT2D eigenvalue weighted by molar-refractivity contribution is -0.133. The van der Waals surface area contributed by atoms with E-state index >= 15 is 0 Å². The van der Waals surface area contributed by atoms with Crippen molar-refractivity contribution in [3.8, 4) is 0 Å².